The average molecular weight is 318 g/mol. The van der Waals surface area contributed by atoms with Gasteiger partial charge in [-0.05, 0) is 6.42 Å². The second-order valence-electron chi connectivity index (χ2n) is 5.83. The molecule has 0 aliphatic heterocycles. The lowest BCUT2D eigenvalue weighted by Gasteiger charge is -2.09. The van der Waals surface area contributed by atoms with E-state index < -0.39 is 7.60 Å². The van der Waals surface area contributed by atoms with Crippen LogP contribution in [-0.4, -0.2) is 17.7 Å². The predicted molar refractivity (Wildman–Crippen MR) is 91.9 cm³/mol. The Labute approximate surface area is 131 Å². The van der Waals surface area contributed by atoms with Crippen LogP contribution in [0.3, 0.4) is 0 Å². The van der Waals surface area contributed by atoms with Crippen molar-refractivity contribution in [3.8, 4) is 0 Å². The molecule has 0 saturated heterocycles. The summed E-state index contributed by atoms with van der Waals surface area (Å²) in [5, 5.41) is 0. The fourth-order valence-electron chi connectivity index (χ4n) is 2.37. The zero-order chi connectivity index (χ0) is 15.8. The Hall–Kier alpha value is -0.110. The summed E-state index contributed by atoms with van der Waals surface area (Å²) >= 11 is 0. The molecule has 0 radical (unpaired) electrons. The van der Waals surface area contributed by atoms with Gasteiger partial charge >= 0.3 is 7.60 Å². The van der Waals surface area contributed by atoms with Gasteiger partial charge in [-0.3, -0.25) is 4.57 Å². The van der Waals surface area contributed by atoms with Crippen LogP contribution in [0.2, 0.25) is 0 Å². The van der Waals surface area contributed by atoms with Gasteiger partial charge in [0.05, 0.1) is 12.8 Å². The first kappa shape index (κ1) is 20.9. The topological polar surface area (TPSA) is 46.5 Å². The molecular formula is C17H35O3P. The summed E-state index contributed by atoms with van der Waals surface area (Å²) in [6.45, 7) is 6.09. The fraction of sp³-hybridized carbons (Fsp3) is 0.882. The monoisotopic (exact) mass is 318 g/mol. The predicted octanol–water partition coefficient (Wildman–Crippen LogP) is 6.08. The maximum Gasteiger partial charge on any atom is 0.331 e. The van der Waals surface area contributed by atoms with Gasteiger partial charge in [-0.15, -0.1) is 6.58 Å². The molecule has 0 rings (SSSR count). The summed E-state index contributed by atoms with van der Waals surface area (Å²) in [5.41, 5.74) is 0. The van der Waals surface area contributed by atoms with E-state index >= 15 is 0 Å². The van der Waals surface area contributed by atoms with Gasteiger partial charge < -0.3 is 9.42 Å². The van der Waals surface area contributed by atoms with Crippen LogP contribution >= 0.6 is 7.60 Å². The van der Waals surface area contributed by atoms with E-state index in [4.69, 9.17) is 4.52 Å². The third kappa shape index (κ3) is 16.1. The molecule has 21 heavy (non-hydrogen) atoms. The number of unbranched alkanes of at least 4 members (excludes halogenated alkanes) is 11. The largest absolute Gasteiger partial charge is 0.331 e. The van der Waals surface area contributed by atoms with Crippen LogP contribution in [0.15, 0.2) is 12.7 Å². The van der Waals surface area contributed by atoms with Gasteiger partial charge in [0.2, 0.25) is 0 Å². The Balaban J connectivity index is 3.16. The van der Waals surface area contributed by atoms with Gasteiger partial charge in [0.25, 0.3) is 0 Å². The second-order valence-corrected chi connectivity index (χ2v) is 7.73. The molecule has 0 spiro atoms. The first-order valence-corrected chi connectivity index (χ1v) is 10.5. The molecule has 1 atom stereocenters. The van der Waals surface area contributed by atoms with Crippen molar-refractivity contribution in [3.63, 3.8) is 0 Å². The number of hydrogen-bond acceptors (Lipinski definition) is 2. The first-order valence-electron chi connectivity index (χ1n) is 8.69. The van der Waals surface area contributed by atoms with Crippen LogP contribution < -0.4 is 0 Å². The lowest BCUT2D eigenvalue weighted by Crippen LogP contribution is -1.95. The highest BCUT2D eigenvalue weighted by Crippen LogP contribution is 2.41. The summed E-state index contributed by atoms with van der Waals surface area (Å²) in [6, 6.07) is 0. The molecule has 126 valence electrons. The fourth-order valence-corrected chi connectivity index (χ4v) is 3.21. The summed E-state index contributed by atoms with van der Waals surface area (Å²) in [4.78, 5) is 9.35. The van der Waals surface area contributed by atoms with Crippen molar-refractivity contribution in [1.82, 2.24) is 0 Å². The molecule has 0 aromatic heterocycles. The molecule has 0 saturated carbocycles. The first-order chi connectivity index (χ1) is 10.1. The molecule has 0 aliphatic rings. The van der Waals surface area contributed by atoms with E-state index in [0.717, 1.165) is 12.8 Å². The van der Waals surface area contributed by atoms with Gasteiger partial charge in [0.1, 0.15) is 0 Å². The van der Waals surface area contributed by atoms with Crippen molar-refractivity contribution < 1.29 is 14.0 Å². The number of hydrogen-bond donors (Lipinski definition) is 1. The van der Waals surface area contributed by atoms with E-state index in [9.17, 15) is 9.46 Å². The van der Waals surface area contributed by atoms with E-state index in [2.05, 4.69) is 13.5 Å². The average Bonchev–Trinajstić information content (AvgIpc) is 2.44. The summed E-state index contributed by atoms with van der Waals surface area (Å²) in [5.74, 6) is 0. The van der Waals surface area contributed by atoms with Crippen molar-refractivity contribution in [1.29, 1.82) is 0 Å². The zero-order valence-electron chi connectivity index (χ0n) is 13.9. The maximum absolute atomic E-state index is 11.4. The van der Waals surface area contributed by atoms with Crippen molar-refractivity contribution in [2.45, 2.75) is 84.0 Å². The normalized spacial score (nSPS) is 14.0. The molecular weight excluding hydrogens is 283 g/mol. The molecule has 0 heterocycles. The molecule has 3 nitrogen and oxygen atoms in total. The van der Waals surface area contributed by atoms with Crippen LogP contribution in [0.5, 0.6) is 0 Å². The zero-order valence-corrected chi connectivity index (χ0v) is 14.8. The standard InChI is InChI=1S/C17H35O3P/c1-3-5-6-7-8-9-10-11-12-13-14-15-16-20-21(18,19)17-4-2/h4H,2-3,5-17H2,1H3,(H,18,19). The van der Waals surface area contributed by atoms with E-state index in [0.29, 0.717) is 6.61 Å². The minimum Gasteiger partial charge on any atom is -0.324 e. The molecule has 4 heteroatoms. The van der Waals surface area contributed by atoms with Crippen LogP contribution in [0.1, 0.15) is 84.0 Å². The van der Waals surface area contributed by atoms with E-state index in [1.54, 1.807) is 0 Å². The molecule has 0 aromatic rings. The minimum absolute atomic E-state index is 0.0469. The van der Waals surface area contributed by atoms with Gasteiger partial charge in [0.15, 0.2) is 0 Å². The van der Waals surface area contributed by atoms with Gasteiger partial charge in [0, 0.05) is 0 Å². The second kappa shape index (κ2) is 14.8. The summed E-state index contributed by atoms with van der Waals surface area (Å²) in [6.07, 6.45) is 16.9. The lowest BCUT2D eigenvalue weighted by molar-refractivity contribution is 0.255. The smallest absolute Gasteiger partial charge is 0.324 e. The Kier molecular flexibility index (Phi) is 14.7. The molecule has 0 aliphatic carbocycles. The summed E-state index contributed by atoms with van der Waals surface area (Å²) in [7, 11) is -3.39. The third-order valence-corrected chi connectivity index (χ3v) is 4.96. The van der Waals surface area contributed by atoms with Gasteiger partial charge in [-0.2, -0.15) is 0 Å². The maximum atomic E-state index is 11.4. The van der Waals surface area contributed by atoms with Crippen molar-refractivity contribution >= 4 is 7.60 Å². The van der Waals surface area contributed by atoms with Crippen LogP contribution in [0.4, 0.5) is 0 Å². The molecule has 0 fully saturated rings. The molecule has 0 aromatic carbocycles. The van der Waals surface area contributed by atoms with Crippen molar-refractivity contribution in [2.24, 2.45) is 0 Å². The van der Waals surface area contributed by atoms with E-state index in [1.165, 1.54) is 70.3 Å². The molecule has 1 unspecified atom stereocenters. The Morgan fingerprint density at radius 2 is 1.33 bits per heavy atom. The van der Waals surface area contributed by atoms with Crippen molar-refractivity contribution in [3.05, 3.63) is 12.7 Å². The Bertz CT molecular complexity index is 279. The van der Waals surface area contributed by atoms with E-state index in [-0.39, 0.29) is 6.16 Å². The van der Waals surface area contributed by atoms with Gasteiger partial charge in [-0.1, -0.05) is 83.6 Å². The SMILES string of the molecule is C=CCP(=O)(O)OCCCCCCCCCCCCCC. The van der Waals surface area contributed by atoms with Crippen LogP contribution in [0, 0.1) is 0 Å². The Morgan fingerprint density at radius 1 is 0.905 bits per heavy atom. The molecule has 0 amide bonds. The summed E-state index contributed by atoms with van der Waals surface area (Å²) < 4.78 is 16.4. The lowest BCUT2D eigenvalue weighted by atomic mass is 10.1. The molecule has 1 N–H and O–H groups in total. The quantitative estimate of drug-likeness (QED) is 0.213. The highest BCUT2D eigenvalue weighted by molar-refractivity contribution is 7.53. The van der Waals surface area contributed by atoms with Gasteiger partial charge in [-0.25, -0.2) is 0 Å². The van der Waals surface area contributed by atoms with E-state index in [1.807, 2.05) is 0 Å². The highest BCUT2D eigenvalue weighted by Gasteiger charge is 2.15. The number of rotatable bonds is 16. The Morgan fingerprint density at radius 3 is 1.76 bits per heavy atom. The van der Waals surface area contributed by atoms with Crippen LogP contribution in [0.25, 0.3) is 0 Å². The van der Waals surface area contributed by atoms with Crippen LogP contribution in [-0.2, 0) is 9.09 Å². The number of allylic oxidation sites excluding steroid dienone is 1. The van der Waals surface area contributed by atoms with Crippen molar-refractivity contribution in [2.75, 3.05) is 12.8 Å². The molecule has 0 bridgehead atoms. The minimum atomic E-state index is -3.39. The third-order valence-electron chi connectivity index (χ3n) is 3.65. The highest BCUT2D eigenvalue weighted by atomic mass is 31.2.